The maximum Gasteiger partial charge on any atom is 0.332 e. The molecule has 0 aromatic heterocycles. The lowest BCUT2D eigenvalue weighted by Gasteiger charge is -2.19. The highest BCUT2D eigenvalue weighted by molar-refractivity contribution is 5.71. The van der Waals surface area contributed by atoms with Crippen LogP contribution in [0, 0.1) is 0 Å². The van der Waals surface area contributed by atoms with Crippen LogP contribution in [-0.2, 0) is 4.79 Å². The molecule has 0 fully saturated rings. The fourth-order valence-corrected chi connectivity index (χ4v) is 2.40. The average Bonchev–Trinajstić information content (AvgIpc) is 2.48. The van der Waals surface area contributed by atoms with Crippen LogP contribution in [0.3, 0.4) is 0 Å². The first kappa shape index (κ1) is 22.1. The van der Waals surface area contributed by atoms with Crippen molar-refractivity contribution in [2.24, 2.45) is 0 Å². The van der Waals surface area contributed by atoms with Gasteiger partial charge in [-0.2, -0.15) is 0 Å². The summed E-state index contributed by atoms with van der Waals surface area (Å²) in [5.74, 6) is -2.72. The predicted octanol–water partition coefficient (Wildman–Crippen LogP) is 3.37. The molecule has 136 valence electrons. The van der Waals surface area contributed by atoms with Crippen molar-refractivity contribution in [2.75, 3.05) is 0 Å². The summed E-state index contributed by atoms with van der Waals surface area (Å²) >= 11 is 0. The molecule has 4 N–H and O–H groups in total. The first-order valence-corrected chi connectivity index (χ1v) is 8.89. The van der Waals surface area contributed by atoms with Gasteiger partial charge in [0.1, 0.15) is 0 Å². The molecule has 0 rings (SSSR count). The number of aliphatic hydroxyl groups is 3. The minimum atomic E-state index is -1.57. The van der Waals surface area contributed by atoms with E-state index < -0.39 is 17.9 Å². The lowest BCUT2D eigenvalue weighted by molar-refractivity contribution is -0.163. The molecule has 0 aliphatic rings. The molecule has 0 saturated carbocycles. The Morgan fingerprint density at radius 3 is 2.30 bits per heavy atom. The predicted molar refractivity (Wildman–Crippen MR) is 91.0 cm³/mol. The topological polar surface area (TPSA) is 98.0 Å². The van der Waals surface area contributed by atoms with Crippen molar-refractivity contribution in [2.45, 2.75) is 95.9 Å². The Morgan fingerprint density at radius 2 is 1.65 bits per heavy atom. The largest absolute Gasteiger partial charge is 0.479 e. The average molecular weight is 330 g/mol. The third-order valence-corrected chi connectivity index (χ3v) is 3.93. The fourth-order valence-electron chi connectivity index (χ4n) is 2.40. The normalized spacial score (nSPS) is 13.6. The van der Waals surface area contributed by atoms with Crippen LogP contribution in [0.15, 0.2) is 12.2 Å². The van der Waals surface area contributed by atoms with Gasteiger partial charge in [0.2, 0.25) is 0 Å². The standard InChI is InChI=1S/C18H34O5/c1-2-3-11-14-18(22,23)15-12-9-7-5-4-6-8-10-13-16(19)17(20)21/h9,12,16,19,22-23H,2-8,10-11,13-15H2,1H3,(H,20,21)/b12-9+. The molecule has 0 aromatic carbocycles. The summed E-state index contributed by atoms with van der Waals surface area (Å²) in [5, 5.41) is 37.2. The van der Waals surface area contributed by atoms with Gasteiger partial charge in [0.15, 0.2) is 11.9 Å². The zero-order valence-corrected chi connectivity index (χ0v) is 14.4. The quantitative estimate of drug-likeness (QED) is 0.210. The molecule has 5 heteroatoms. The Bertz CT molecular complexity index is 325. The van der Waals surface area contributed by atoms with Gasteiger partial charge in [-0.1, -0.05) is 57.6 Å². The monoisotopic (exact) mass is 330 g/mol. The van der Waals surface area contributed by atoms with E-state index in [1.54, 1.807) is 0 Å². The van der Waals surface area contributed by atoms with Crippen LogP contribution in [0.2, 0.25) is 0 Å². The van der Waals surface area contributed by atoms with Crippen LogP contribution in [0.4, 0.5) is 0 Å². The number of carboxylic acids is 1. The van der Waals surface area contributed by atoms with Crippen LogP contribution >= 0.6 is 0 Å². The van der Waals surface area contributed by atoms with E-state index in [-0.39, 0.29) is 6.42 Å². The number of rotatable bonds is 15. The molecule has 1 atom stereocenters. The minimum Gasteiger partial charge on any atom is -0.479 e. The second kappa shape index (κ2) is 13.5. The van der Waals surface area contributed by atoms with Gasteiger partial charge in [0.05, 0.1) is 0 Å². The van der Waals surface area contributed by atoms with E-state index in [0.717, 1.165) is 57.8 Å². The van der Waals surface area contributed by atoms with Crippen LogP contribution in [0.1, 0.15) is 84.0 Å². The van der Waals surface area contributed by atoms with Crippen molar-refractivity contribution in [3.63, 3.8) is 0 Å². The number of carboxylic acid groups (broad SMARTS) is 1. The van der Waals surface area contributed by atoms with Crippen molar-refractivity contribution in [1.29, 1.82) is 0 Å². The third kappa shape index (κ3) is 14.4. The van der Waals surface area contributed by atoms with Crippen LogP contribution in [0.5, 0.6) is 0 Å². The van der Waals surface area contributed by atoms with Gasteiger partial charge in [0.25, 0.3) is 0 Å². The van der Waals surface area contributed by atoms with E-state index in [1.165, 1.54) is 0 Å². The fraction of sp³-hybridized carbons (Fsp3) is 0.833. The Labute approximate surface area is 140 Å². The summed E-state index contributed by atoms with van der Waals surface area (Å²) in [7, 11) is 0. The number of aliphatic hydroxyl groups excluding tert-OH is 1. The number of hydrogen-bond donors (Lipinski definition) is 4. The van der Waals surface area contributed by atoms with E-state index in [4.69, 9.17) is 10.2 Å². The van der Waals surface area contributed by atoms with E-state index in [0.29, 0.717) is 12.8 Å². The van der Waals surface area contributed by atoms with Crippen molar-refractivity contribution < 1.29 is 25.2 Å². The molecule has 0 radical (unpaired) electrons. The molecule has 5 nitrogen and oxygen atoms in total. The smallest absolute Gasteiger partial charge is 0.332 e. The highest BCUT2D eigenvalue weighted by Gasteiger charge is 2.19. The molecule has 0 aliphatic carbocycles. The van der Waals surface area contributed by atoms with E-state index in [1.807, 2.05) is 12.2 Å². The SMILES string of the molecule is CCCCCC(O)(O)C/C=C/CCCCCCCC(O)C(=O)O. The Balaban J connectivity index is 3.48. The number of hydrogen-bond acceptors (Lipinski definition) is 4. The lowest BCUT2D eigenvalue weighted by Crippen LogP contribution is -2.26. The summed E-state index contributed by atoms with van der Waals surface area (Å²) < 4.78 is 0. The maximum absolute atomic E-state index is 10.4. The first-order chi connectivity index (χ1) is 10.9. The Hall–Kier alpha value is -0.910. The highest BCUT2D eigenvalue weighted by atomic mass is 16.5. The van der Waals surface area contributed by atoms with Gasteiger partial charge in [0, 0.05) is 12.8 Å². The number of aliphatic carboxylic acids is 1. The van der Waals surface area contributed by atoms with Gasteiger partial charge >= 0.3 is 5.97 Å². The molecule has 0 heterocycles. The van der Waals surface area contributed by atoms with E-state index in [9.17, 15) is 15.0 Å². The summed E-state index contributed by atoms with van der Waals surface area (Å²) in [5.41, 5.74) is 0. The summed E-state index contributed by atoms with van der Waals surface area (Å²) in [6.45, 7) is 2.09. The molecular formula is C18H34O5. The number of carbonyl (C=O) groups is 1. The molecule has 0 aromatic rings. The van der Waals surface area contributed by atoms with Gasteiger partial charge in [-0.25, -0.2) is 4.79 Å². The van der Waals surface area contributed by atoms with E-state index >= 15 is 0 Å². The molecule has 0 saturated heterocycles. The minimum absolute atomic E-state index is 0.282. The zero-order valence-electron chi connectivity index (χ0n) is 14.4. The lowest BCUT2D eigenvalue weighted by atomic mass is 10.0. The van der Waals surface area contributed by atoms with Crippen molar-refractivity contribution in [1.82, 2.24) is 0 Å². The van der Waals surface area contributed by atoms with Crippen LogP contribution < -0.4 is 0 Å². The third-order valence-electron chi connectivity index (χ3n) is 3.93. The van der Waals surface area contributed by atoms with Crippen LogP contribution in [0.25, 0.3) is 0 Å². The van der Waals surface area contributed by atoms with Crippen molar-refractivity contribution in [3.05, 3.63) is 12.2 Å². The van der Waals surface area contributed by atoms with Gasteiger partial charge in [-0.3, -0.25) is 0 Å². The summed E-state index contributed by atoms with van der Waals surface area (Å²) in [6, 6.07) is 0. The molecule has 1 unspecified atom stereocenters. The van der Waals surface area contributed by atoms with Crippen LogP contribution in [-0.4, -0.2) is 38.3 Å². The number of unbranched alkanes of at least 4 members (excludes halogenated alkanes) is 7. The second-order valence-electron chi connectivity index (χ2n) is 6.31. The van der Waals surface area contributed by atoms with Gasteiger partial charge < -0.3 is 20.4 Å². The van der Waals surface area contributed by atoms with Crippen molar-refractivity contribution >= 4 is 5.97 Å². The van der Waals surface area contributed by atoms with E-state index in [2.05, 4.69) is 6.92 Å². The molecule has 23 heavy (non-hydrogen) atoms. The molecular weight excluding hydrogens is 296 g/mol. The maximum atomic E-state index is 10.4. The highest BCUT2D eigenvalue weighted by Crippen LogP contribution is 2.17. The molecule has 0 aliphatic heterocycles. The molecule has 0 amide bonds. The Kier molecular flexibility index (Phi) is 13.0. The van der Waals surface area contributed by atoms with Crippen molar-refractivity contribution in [3.8, 4) is 0 Å². The molecule has 0 bridgehead atoms. The second-order valence-corrected chi connectivity index (χ2v) is 6.31. The van der Waals surface area contributed by atoms with Gasteiger partial charge in [-0.05, 0) is 25.7 Å². The summed E-state index contributed by atoms with van der Waals surface area (Å²) in [6.07, 6.45) is 12.3. The Morgan fingerprint density at radius 1 is 1.00 bits per heavy atom. The zero-order chi connectivity index (χ0) is 17.6. The summed E-state index contributed by atoms with van der Waals surface area (Å²) in [4.78, 5) is 10.4. The number of allylic oxidation sites excluding steroid dienone is 1. The first-order valence-electron chi connectivity index (χ1n) is 8.89. The van der Waals surface area contributed by atoms with Gasteiger partial charge in [-0.15, -0.1) is 0 Å². The molecule has 0 spiro atoms.